The Morgan fingerprint density at radius 1 is 1.29 bits per heavy atom. The Hall–Kier alpha value is -1.61. The van der Waals surface area contributed by atoms with Crippen molar-refractivity contribution in [2.24, 2.45) is 5.73 Å². The van der Waals surface area contributed by atoms with Crippen molar-refractivity contribution >= 4 is 0 Å². The van der Waals surface area contributed by atoms with Gasteiger partial charge in [-0.25, -0.2) is 4.98 Å². The highest BCUT2D eigenvalue weighted by molar-refractivity contribution is 5.32. The number of aromatic nitrogens is 1. The van der Waals surface area contributed by atoms with E-state index in [1.54, 1.807) is 12.5 Å². The molecular weight excluding hydrogens is 212 g/mol. The van der Waals surface area contributed by atoms with Crippen molar-refractivity contribution in [1.29, 1.82) is 0 Å². The lowest BCUT2D eigenvalue weighted by atomic mass is 9.95. The summed E-state index contributed by atoms with van der Waals surface area (Å²) in [5, 5.41) is 0. The lowest BCUT2D eigenvalue weighted by molar-refractivity contribution is 0.471. The van der Waals surface area contributed by atoms with Crippen molar-refractivity contribution in [3.05, 3.63) is 53.7 Å². The predicted octanol–water partition coefficient (Wildman–Crippen LogP) is 3.10. The molecule has 1 heterocycles. The third-order valence-electron chi connectivity index (χ3n) is 2.55. The van der Waals surface area contributed by atoms with Crippen molar-refractivity contribution in [3.63, 3.8) is 0 Å². The van der Waals surface area contributed by atoms with Crippen LogP contribution in [0.5, 0.6) is 0 Å². The second kappa shape index (κ2) is 6.86. The zero-order valence-corrected chi connectivity index (χ0v) is 10.7. The molecule has 3 nitrogen and oxygen atoms in total. The topological polar surface area (TPSA) is 52.0 Å². The molecule has 2 aromatic rings. The van der Waals surface area contributed by atoms with Crippen LogP contribution in [-0.2, 0) is 0 Å². The molecule has 2 rings (SSSR count). The van der Waals surface area contributed by atoms with Crippen LogP contribution in [-0.4, -0.2) is 11.5 Å². The van der Waals surface area contributed by atoms with Crippen LogP contribution in [0, 0.1) is 6.92 Å². The standard InChI is InChI=1S/C12H14N2O.C2H6/c1-9-4-2-3-5-10(9)11(8-13)12-14-6-7-15-12;1-2/h2-7,11H,8,13H2,1H3;1-2H3. The van der Waals surface area contributed by atoms with E-state index in [-0.39, 0.29) is 5.92 Å². The monoisotopic (exact) mass is 232 g/mol. The van der Waals surface area contributed by atoms with Crippen molar-refractivity contribution in [1.82, 2.24) is 4.98 Å². The maximum absolute atomic E-state index is 5.76. The van der Waals surface area contributed by atoms with E-state index in [0.29, 0.717) is 12.4 Å². The van der Waals surface area contributed by atoms with Crippen molar-refractivity contribution in [2.45, 2.75) is 26.7 Å². The van der Waals surface area contributed by atoms with E-state index in [1.807, 2.05) is 26.0 Å². The van der Waals surface area contributed by atoms with E-state index in [9.17, 15) is 0 Å². The van der Waals surface area contributed by atoms with Crippen molar-refractivity contribution in [2.75, 3.05) is 6.54 Å². The zero-order chi connectivity index (χ0) is 12.7. The Labute approximate surface area is 103 Å². The molecule has 0 saturated heterocycles. The molecule has 1 aromatic carbocycles. The van der Waals surface area contributed by atoms with Gasteiger partial charge in [-0.15, -0.1) is 0 Å². The summed E-state index contributed by atoms with van der Waals surface area (Å²) in [6.07, 6.45) is 3.23. The molecule has 1 unspecified atom stereocenters. The van der Waals surface area contributed by atoms with Gasteiger partial charge in [0.05, 0.1) is 12.1 Å². The van der Waals surface area contributed by atoms with Gasteiger partial charge in [0.15, 0.2) is 0 Å². The summed E-state index contributed by atoms with van der Waals surface area (Å²) >= 11 is 0. The van der Waals surface area contributed by atoms with E-state index in [2.05, 4.69) is 24.0 Å². The molecule has 0 fully saturated rings. The van der Waals surface area contributed by atoms with Gasteiger partial charge in [-0.3, -0.25) is 0 Å². The minimum absolute atomic E-state index is 0.0567. The highest BCUT2D eigenvalue weighted by Gasteiger charge is 2.17. The smallest absolute Gasteiger partial charge is 0.202 e. The van der Waals surface area contributed by atoms with Gasteiger partial charge in [0.2, 0.25) is 5.89 Å². The number of nitrogens with zero attached hydrogens (tertiary/aromatic N) is 1. The Balaban J connectivity index is 0.000000686. The molecule has 1 atom stereocenters. The maximum Gasteiger partial charge on any atom is 0.202 e. The van der Waals surface area contributed by atoms with Crippen LogP contribution in [0.1, 0.15) is 36.8 Å². The van der Waals surface area contributed by atoms with E-state index >= 15 is 0 Å². The Kier molecular flexibility index (Phi) is 5.43. The van der Waals surface area contributed by atoms with Crippen LogP contribution in [0.25, 0.3) is 0 Å². The fraction of sp³-hybridized carbons (Fsp3) is 0.357. The van der Waals surface area contributed by atoms with E-state index in [0.717, 1.165) is 0 Å². The van der Waals surface area contributed by atoms with E-state index < -0.39 is 0 Å². The molecule has 0 aliphatic carbocycles. The normalized spacial score (nSPS) is 11.5. The predicted molar refractivity (Wildman–Crippen MR) is 69.9 cm³/mol. The average molecular weight is 232 g/mol. The number of hydrogen-bond acceptors (Lipinski definition) is 3. The first-order valence-corrected chi connectivity index (χ1v) is 5.98. The highest BCUT2D eigenvalue weighted by Crippen LogP contribution is 2.24. The molecular formula is C14H20N2O. The first-order valence-electron chi connectivity index (χ1n) is 5.98. The third-order valence-corrected chi connectivity index (χ3v) is 2.55. The molecule has 1 aromatic heterocycles. The van der Waals surface area contributed by atoms with Gasteiger partial charge in [-0.1, -0.05) is 38.1 Å². The minimum atomic E-state index is 0.0567. The first kappa shape index (κ1) is 13.5. The lowest BCUT2D eigenvalue weighted by Gasteiger charge is -2.13. The SMILES string of the molecule is CC.Cc1ccccc1C(CN)c1ncco1. The largest absolute Gasteiger partial charge is 0.448 e. The van der Waals surface area contributed by atoms with E-state index in [1.165, 1.54) is 11.1 Å². The maximum atomic E-state index is 5.76. The third kappa shape index (κ3) is 3.17. The second-order valence-electron chi connectivity index (χ2n) is 3.52. The summed E-state index contributed by atoms with van der Waals surface area (Å²) in [6, 6.07) is 8.16. The quantitative estimate of drug-likeness (QED) is 0.884. The van der Waals surface area contributed by atoms with Crippen LogP contribution in [0.15, 0.2) is 41.1 Å². The van der Waals surface area contributed by atoms with Gasteiger partial charge in [0.25, 0.3) is 0 Å². The van der Waals surface area contributed by atoms with Crippen molar-refractivity contribution < 1.29 is 4.42 Å². The van der Waals surface area contributed by atoms with Crippen LogP contribution in [0.2, 0.25) is 0 Å². The summed E-state index contributed by atoms with van der Waals surface area (Å²) in [5.41, 5.74) is 8.16. The summed E-state index contributed by atoms with van der Waals surface area (Å²) in [4.78, 5) is 4.16. The summed E-state index contributed by atoms with van der Waals surface area (Å²) in [6.45, 7) is 6.58. The number of hydrogen-bond donors (Lipinski definition) is 1. The van der Waals surface area contributed by atoms with Crippen LogP contribution < -0.4 is 5.73 Å². The number of rotatable bonds is 3. The molecule has 0 amide bonds. The highest BCUT2D eigenvalue weighted by atomic mass is 16.3. The molecule has 0 radical (unpaired) electrons. The van der Waals surface area contributed by atoms with Crippen molar-refractivity contribution in [3.8, 4) is 0 Å². The lowest BCUT2D eigenvalue weighted by Crippen LogP contribution is -2.15. The molecule has 0 aliphatic heterocycles. The fourth-order valence-electron chi connectivity index (χ4n) is 1.75. The molecule has 17 heavy (non-hydrogen) atoms. The molecule has 92 valence electrons. The summed E-state index contributed by atoms with van der Waals surface area (Å²) in [7, 11) is 0. The Morgan fingerprint density at radius 3 is 2.53 bits per heavy atom. The second-order valence-corrected chi connectivity index (χ2v) is 3.52. The van der Waals surface area contributed by atoms with Gasteiger partial charge in [0, 0.05) is 6.54 Å². The summed E-state index contributed by atoms with van der Waals surface area (Å²) < 4.78 is 5.30. The van der Waals surface area contributed by atoms with E-state index in [4.69, 9.17) is 10.2 Å². The number of oxazole rings is 1. The molecule has 0 aliphatic rings. The molecule has 0 bridgehead atoms. The molecule has 0 spiro atoms. The fourth-order valence-corrected chi connectivity index (χ4v) is 1.75. The minimum Gasteiger partial charge on any atom is -0.448 e. The number of nitrogens with two attached hydrogens (primary N) is 1. The number of benzene rings is 1. The van der Waals surface area contributed by atoms with Crippen LogP contribution in [0.3, 0.4) is 0 Å². The van der Waals surface area contributed by atoms with Gasteiger partial charge >= 0.3 is 0 Å². The first-order chi connectivity index (χ1) is 8.33. The zero-order valence-electron chi connectivity index (χ0n) is 10.7. The molecule has 2 N–H and O–H groups in total. The van der Waals surface area contributed by atoms with Gasteiger partial charge in [-0.05, 0) is 18.1 Å². The van der Waals surface area contributed by atoms with Crippen LogP contribution >= 0.6 is 0 Å². The Morgan fingerprint density at radius 2 is 2.00 bits per heavy atom. The van der Waals surface area contributed by atoms with Crippen LogP contribution in [0.4, 0.5) is 0 Å². The number of aryl methyl sites for hydroxylation is 1. The molecule has 3 heteroatoms. The molecule has 0 saturated carbocycles. The average Bonchev–Trinajstić information content (AvgIpc) is 2.89. The van der Waals surface area contributed by atoms with Gasteiger partial charge in [0.1, 0.15) is 6.26 Å². The van der Waals surface area contributed by atoms with Gasteiger partial charge in [-0.2, -0.15) is 0 Å². The Bertz CT molecular complexity index is 424. The van der Waals surface area contributed by atoms with Gasteiger partial charge < -0.3 is 10.2 Å². The summed E-state index contributed by atoms with van der Waals surface area (Å²) in [5.74, 6) is 0.744.